The van der Waals surface area contributed by atoms with E-state index in [1.54, 1.807) is 35.1 Å². The number of halogens is 3. The van der Waals surface area contributed by atoms with Crippen molar-refractivity contribution in [2.24, 2.45) is 17.8 Å². The second-order valence-electron chi connectivity index (χ2n) is 12.0. The maximum absolute atomic E-state index is 13.8. The smallest absolute Gasteiger partial charge is 0.410 e. The number of hydrogen-bond donors (Lipinski definition) is 3. The fourth-order valence-corrected chi connectivity index (χ4v) is 6.35. The largest absolute Gasteiger partial charge is 0.493 e. The van der Waals surface area contributed by atoms with Gasteiger partial charge in [0.2, 0.25) is 5.91 Å². The molecular weight excluding hydrogens is 553 g/mol. The summed E-state index contributed by atoms with van der Waals surface area (Å²) in [4.78, 5) is 40.8. The molecule has 2 aliphatic carbocycles. The molecule has 42 heavy (non-hydrogen) atoms. The summed E-state index contributed by atoms with van der Waals surface area (Å²) in [5.41, 5.74) is 1.41. The van der Waals surface area contributed by atoms with E-state index in [9.17, 15) is 27.6 Å². The van der Waals surface area contributed by atoms with Crippen LogP contribution in [0.3, 0.4) is 0 Å². The fourth-order valence-electron chi connectivity index (χ4n) is 6.35. The molecule has 2 saturated carbocycles. The highest BCUT2D eigenvalue weighted by atomic mass is 19.4. The van der Waals surface area contributed by atoms with Crippen molar-refractivity contribution >= 4 is 23.5 Å². The van der Waals surface area contributed by atoms with Gasteiger partial charge in [-0.25, -0.2) is 4.79 Å². The first-order chi connectivity index (χ1) is 20.0. The van der Waals surface area contributed by atoms with Gasteiger partial charge in [0.1, 0.15) is 23.5 Å². The average molecular weight is 589 g/mol. The van der Waals surface area contributed by atoms with Crippen LogP contribution < -0.4 is 20.7 Å². The number of alkyl halides is 3. The number of anilines is 1. The summed E-state index contributed by atoms with van der Waals surface area (Å²) in [6.07, 6.45) is 1.49. The van der Waals surface area contributed by atoms with Gasteiger partial charge in [-0.3, -0.25) is 14.3 Å². The molecule has 6 rings (SSSR count). The third-order valence-electron chi connectivity index (χ3n) is 8.68. The van der Waals surface area contributed by atoms with Crippen molar-refractivity contribution in [1.82, 2.24) is 25.3 Å². The molecule has 13 heteroatoms. The first-order valence-corrected chi connectivity index (χ1v) is 14.6. The predicted octanol–water partition coefficient (Wildman–Crippen LogP) is 4.42. The van der Waals surface area contributed by atoms with Gasteiger partial charge in [-0.2, -0.15) is 18.3 Å². The number of ether oxygens (including phenoxy) is 1. The number of rotatable bonds is 9. The van der Waals surface area contributed by atoms with Crippen molar-refractivity contribution in [3.8, 4) is 5.75 Å². The van der Waals surface area contributed by atoms with E-state index in [1.165, 1.54) is 4.90 Å². The number of amides is 4. The van der Waals surface area contributed by atoms with Gasteiger partial charge in [0.25, 0.3) is 5.91 Å². The Balaban J connectivity index is 1.21. The van der Waals surface area contributed by atoms with E-state index in [2.05, 4.69) is 15.7 Å². The van der Waals surface area contributed by atoms with Crippen LogP contribution in [-0.4, -0.2) is 63.9 Å². The molecule has 0 unspecified atom stereocenters. The number of nitrogens with zero attached hydrogens (tertiary/aromatic N) is 3. The second-order valence-corrected chi connectivity index (χ2v) is 12.0. The van der Waals surface area contributed by atoms with Gasteiger partial charge in [-0.05, 0) is 69.4 Å². The lowest BCUT2D eigenvalue weighted by Gasteiger charge is -2.33. The number of carbonyl (C=O) groups is 3. The summed E-state index contributed by atoms with van der Waals surface area (Å²) in [5.74, 6) is 0.492. The zero-order valence-corrected chi connectivity index (χ0v) is 23.5. The molecule has 10 nitrogen and oxygen atoms in total. The van der Waals surface area contributed by atoms with Gasteiger partial charge in [0.15, 0.2) is 0 Å². The molecule has 1 saturated heterocycles. The van der Waals surface area contributed by atoms with Crippen LogP contribution in [0.15, 0.2) is 30.5 Å². The van der Waals surface area contributed by atoms with E-state index in [0.29, 0.717) is 41.0 Å². The second kappa shape index (κ2) is 10.8. The number of benzene rings is 1. The van der Waals surface area contributed by atoms with Gasteiger partial charge < -0.3 is 25.6 Å². The van der Waals surface area contributed by atoms with Crippen molar-refractivity contribution in [2.75, 3.05) is 18.5 Å². The minimum Gasteiger partial charge on any atom is -0.493 e. The number of hydrogen-bond acceptors (Lipinski definition) is 5. The lowest BCUT2D eigenvalue weighted by molar-refractivity contribution is -0.150. The van der Waals surface area contributed by atoms with Crippen LogP contribution in [-0.2, 0) is 4.79 Å². The number of carbonyl (C=O) groups excluding carboxylic acids is 3. The van der Waals surface area contributed by atoms with Gasteiger partial charge >= 0.3 is 12.2 Å². The van der Waals surface area contributed by atoms with Crippen molar-refractivity contribution in [3.63, 3.8) is 0 Å². The summed E-state index contributed by atoms with van der Waals surface area (Å²) in [6, 6.07) is 2.56. The number of urea groups is 1. The highest BCUT2D eigenvalue weighted by Crippen LogP contribution is 2.51. The van der Waals surface area contributed by atoms with Crippen LogP contribution >= 0.6 is 0 Å². The maximum Gasteiger partial charge on any atom is 0.410 e. The quantitative estimate of drug-likeness (QED) is 0.401. The highest BCUT2D eigenvalue weighted by Gasteiger charge is 2.50. The van der Waals surface area contributed by atoms with Gasteiger partial charge in [0.05, 0.1) is 19.2 Å². The number of nitrogens with one attached hydrogen (secondary N) is 3. The molecule has 1 aromatic carbocycles. The van der Waals surface area contributed by atoms with E-state index in [-0.39, 0.29) is 30.4 Å². The monoisotopic (exact) mass is 588 g/mol. The van der Waals surface area contributed by atoms with E-state index in [0.717, 1.165) is 25.7 Å². The Hall–Kier alpha value is -3.77. The van der Waals surface area contributed by atoms with Crippen LogP contribution in [0.5, 0.6) is 5.75 Å². The maximum atomic E-state index is 13.8. The van der Waals surface area contributed by atoms with E-state index >= 15 is 0 Å². The average Bonchev–Trinajstić information content (AvgIpc) is 3.86. The van der Waals surface area contributed by atoms with E-state index in [4.69, 9.17) is 4.74 Å². The lowest BCUT2D eigenvalue weighted by Crippen LogP contribution is -2.50. The fraction of sp³-hybridized carbons (Fsp3) is 0.586. The van der Waals surface area contributed by atoms with Crippen molar-refractivity contribution in [2.45, 2.75) is 76.3 Å². The molecule has 2 aliphatic heterocycles. The van der Waals surface area contributed by atoms with Crippen LogP contribution in [0.2, 0.25) is 0 Å². The molecule has 0 bridgehead atoms. The number of aromatic nitrogens is 2. The Morgan fingerprint density at radius 1 is 1.10 bits per heavy atom. The van der Waals surface area contributed by atoms with Gasteiger partial charge in [0, 0.05) is 36.0 Å². The van der Waals surface area contributed by atoms with Crippen LogP contribution in [0.25, 0.3) is 0 Å². The zero-order valence-electron chi connectivity index (χ0n) is 23.5. The molecule has 3 fully saturated rings. The summed E-state index contributed by atoms with van der Waals surface area (Å²) in [7, 11) is 0. The molecule has 0 radical (unpaired) electrons. The normalized spacial score (nSPS) is 22.9. The molecular formula is C29H35F3N6O4. The van der Waals surface area contributed by atoms with Crippen molar-refractivity contribution in [1.29, 1.82) is 0 Å². The predicted molar refractivity (Wildman–Crippen MR) is 146 cm³/mol. The van der Waals surface area contributed by atoms with Crippen molar-refractivity contribution in [3.05, 3.63) is 41.7 Å². The summed E-state index contributed by atoms with van der Waals surface area (Å²) in [6.45, 7) is 3.59. The minimum absolute atomic E-state index is 0.0258. The van der Waals surface area contributed by atoms with Gasteiger partial charge in [-0.15, -0.1) is 0 Å². The molecule has 226 valence electrons. The Bertz CT molecular complexity index is 1360. The Labute approximate surface area is 241 Å². The summed E-state index contributed by atoms with van der Waals surface area (Å²) >= 11 is 0. The summed E-state index contributed by atoms with van der Waals surface area (Å²) in [5, 5.41) is 12.2. The molecule has 3 N–H and O–H groups in total. The Kier molecular flexibility index (Phi) is 7.30. The summed E-state index contributed by atoms with van der Waals surface area (Å²) < 4.78 is 47.2. The van der Waals surface area contributed by atoms with Crippen LogP contribution in [0.4, 0.5) is 23.7 Å². The molecule has 0 spiro atoms. The molecule has 4 aliphatic rings. The van der Waals surface area contributed by atoms with E-state index < -0.39 is 36.9 Å². The first-order valence-electron chi connectivity index (χ1n) is 14.6. The molecule has 2 aromatic rings. The van der Waals surface area contributed by atoms with Crippen LogP contribution in [0.1, 0.15) is 74.1 Å². The SMILES string of the molecule is CC(C)n1nccc1C(=O)N[C@H](C(=O)Nc1ccc2c(c1)OCC[C@H]2N1C[C@@H](C(F)(F)F)NC1=O)C(C1CC1)C1CC1. The topological polar surface area (TPSA) is 118 Å². The van der Waals surface area contributed by atoms with Crippen LogP contribution in [0, 0.1) is 17.8 Å². The first kappa shape index (κ1) is 28.4. The third-order valence-corrected chi connectivity index (χ3v) is 8.68. The lowest BCUT2D eigenvalue weighted by atomic mass is 9.88. The van der Waals surface area contributed by atoms with E-state index in [1.807, 2.05) is 19.2 Å². The zero-order chi connectivity index (χ0) is 29.8. The molecule has 3 heterocycles. The Morgan fingerprint density at radius 2 is 1.81 bits per heavy atom. The minimum atomic E-state index is -4.54. The third kappa shape index (κ3) is 5.65. The molecule has 4 amide bonds. The highest BCUT2D eigenvalue weighted by molar-refractivity contribution is 6.01. The number of fused-ring (bicyclic) bond motifs is 1. The Morgan fingerprint density at radius 3 is 2.43 bits per heavy atom. The van der Waals surface area contributed by atoms with Crippen molar-refractivity contribution < 1.29 is 32.3 Å². The molecule has 1 aromatic heterocycles. The van der Waals surface area contributed by atoms with Gasteiger partial charge in [-0.1, -0.05) is 6.07 Å². The standard InChI is InChI=1S/C29H35F3N6O4/c1-15(2)38-21(9-11-33-38)26(39)36-25(24(16-3-4-16)17-5-6-17)27(40)34-18-7-8-19-20(10-12-42-22(19)13-18)37-14-23(29(30,31)32)35-28(37)41/h7-9,11,13,15-17,20,23-25H,3-6,10,12,14H2,1-2H3,(H,34,40)(H,35,41)(H,36,39)/t20-,23+,25+/m1/s1. The molecule has 3 atom stereocenters.